The fraction of sp³-hybridized carbons (Fsp3) is 0.400. The summed E-state index contributed by atoms with van der Waals surface area (Å²) in [5.74, 6) is 0. The van der Waals surface area contributed by atoms with E-state index in [9.17, 15) is 0 Å². The van der Waals surface area contributed by atoms with E-state index in [1.807, 2.05) is 12.3 Å². The molecule has 0 saturated heterocycles. The molecule has 2 aromatic heterocycles. The van der Waals surface area contributed by atoms with Crippen molar-refractivity contribution in [2.75, 3.05) is 5.32 Å². The Hall–Kier alpha value is -0.940. The van der Waals surface area contributed by atoms with E-state index in [2.05, 4.69) is 29.1 Å². The summed E-state index contributed by atoms with van der Waals surface area (Å²) in [5.41, 5.74) is 1.13. The quantitative estimate of drug-likeness (QED) is 0.892. The molecule has 0 aliphatic rings. The van der Waals surface area contributed by atoms with E-state index in [4.69, 9.17) is 0 Å². The van der Waals surface area contributed by atoms with Gasteiger partial charge in [-0.25, -0.2) is 9.97 Å². The maximum absolute atomic E-state index is 4.52. The van der Waals surface area contributed by atoms with Crippen LogP contribution in [0.2, 0.25) is 0 Å². The molecule has 0 aromatic carbocycles. The molecule has 1 N–H and O–H groups in total. The molecule has 1 unspecified atom stereocenters. The molecule has 0 radical (unpaired) electrons. The van der Waals surface area contributed by atoms with Crippen LogP contribution in [-0.2, 0) is 0 Å². The number of nitrogens with zero attached hydrogens (tertiary/aromatic N) is 2. The molecule has 1 atom stereocenters. The molecule has 80 valence electrons. The summed E-state index contributed by atoms with van der Waals surface area (Å²) < 4.78 is 0. The highest BCUT2D eigenvalue weighted by Gasteiger charge is 2.13. The Bertz CT molecular complexity index is 433. The van der Waals surface area contributed by atoms with Gasteiger partial charge in [0.2, 0.25) is 0 Å². The second-order valence-electron chi connectivity index (χ2n) is 3.38. The highest BCUT2D eigenvalue weighted by molar-refractivity contribution is 7.13. The summed E-state index contributed by atoms with van der Waals surface area (Å²) in [5, 5.41) is 7.38. The van der Waals surface area contributed by atoms with Gasteiger partial charge in [0, 0.05) is 16.5 Å². The largest absolute Gasteiger partial charge is 0.353 e. The Morgan fingerprint density at radius 2 is 2.20 bits per heavy atom. The average Bonchev–Trinajstić information content (AvgIpc) is 2.75. The molecule has 2 aromatic rings. The minimum Gasteiger partial charge on any atom is -0.353 e. The van der Waals surface area contributed by atoms with E-state index in [1.54, 1.807) is 28.9 Å². The van der Waals surface area contributed by atoms with Crippen molar-refractivity contribution in [2.45, 2.75) is 26.8 Å². The minimum atomic E-state index is 0.223. The first kappa shape index (κ1) is 10.6. The van der Waals surface area contributed by atoms with Crippen LogP contribution in [0.1, 0.15) is 28.5 Å². The maximum Gasteiger partial charge on any atom is 0.183 e. The van der Waals surface area contributed by atoms with Crippen LogP contribution in [-0.4, -0.2) is 9.97 Å². The van der Waals surface area contributed by atoms with Crippen LogP contribution in [0.5, 0.6) is 0 Å². The number of aryl methyl sites for hydroxylation is 2. The van der Waals surface area contributed by atoms with Crippen molar-refractivity contribution < 1.29 is 0 Å². The lowest BCUT2D eigenvalue weighted by atomic mass is 10.2. The van der Waals surface area contributed by atoms with E-state index >= 15 is 0 Å². The molecule has 5 heteroatoms. The Morgan fingerprint density at radius 3 is 2.73 bits per heavy atom. The van der Waals surface area contributed by atoms with Crippen LogP contribution in [0.25, 0.3) is 0 Å². The van der Waals surface area contributed by atoms with Gasteiger partial charge in [-0.3, -0.25) is 0 Å². The monoisotopic (exact) mass is 239 g/mol. The van der Waals surface area contributed by atoms with E-state index in [-0.39, 0.29) is 6.04 Å². The Morgan fingerprint density at radius 1 is 1.40 bits per heavy atom. The Kier molecular flexibility index (Phi) is 3.02. The lowest BCUT2D eigenvalue weighted by molar-refractivity contribution is 0.835. The molecular weight excluding hydrogens is 226 g/mol. The van der Waals surface area contributed by atoms with Crippen molar-refractivity contribution in [1.29, 1.82) is 0 Å². The first-order valence-electron chi connectivity index (χ1n) is 4.77. The van der Waals surface area contributed by atoms with Gasteiger partial charge in [0.15, 0.2) is 5.13 Å². The molecule has 0 aliphatic heterocycles. The van der Waals surface area contributed by atoms with Gasteiger partial charge >= 0.3 is 0 Å². The lowest BCUT2D eigenvalue weighted by Crippen LogP contribution is -2.07. The predicted molar refractivity (Wildman–Crippen MR) is 65.7 cm³/mol. The maximum atomic E-state index is 4.52. The number of thiazole rings is 2. The second kappa shape index (κ2) is 4.28. The molecule has 0 aliphatic carbocycles. The summed E-state index contributed by atoms with van der Waals surface area (Å²) in [7, 11) is 0. The smallest absolute Gasteiger partial charge is 0.183 e. The number of nitrogens with one attached hydrogen (secondary N) is 1. The summed E-state index contributed by atoms with van der Waals surface area (Å²) in [6.07, 6.45) is 1.80. The van der Waals surface area contributed by atoms with Crippen molar-refractivity contribution in [3.05, 3.63) is 27.2 Å². The molecule has 0 bridgehead atoms. The number of anilines is 1. The predicted octanol–water partition coefficient (Wildman–Crippen LogP) is 3.39. The van der Waals surface area contributed by atoms with E-state index < -0.39 is 0 Å². The molecule has 0 saturated carbocycles. The van der Waals surface area contributed by atoms with Crippen molar-refractivity contribution in [3.8, 4) is 0 Å². The van der Waals surface area contributed by atoms with Gasteiger partial charge in [-0.1, -0.05) is 0 Å². The zero-order chi connectivity index (χ0) is 10.8. The van der Waals surface area contributed by atoms with Crippen LogP contribution in [0.4, 0.5) is 5.13 Å². The highest BCUT2D eigenvalue weighted by Crippen LogP contribution is 2.25. The van der Waals surface area contributed by atoms with Crippen LogP contribution in [0.3, 0.4) is 0 Å². The lowest BCUT2D eigenvalue weighted by Gasteiger charge is -2.10. The average molecular weight is 239 g/mol. The normalized spacial score (nSPS) is 12.7. The van der Waals surface area contributed by atoms with Crippen molar-refractivity contribution in [1.82, 2.24) is 9.97 Å². The first-order valence-corrected chi connectivity index (χ1v) is 6.46. The number of rotatable bonds is 3. The third-order valence-electron chi connectivity index (χ3n) is 2.12. The highest BCUT2D eigenvalue weighted by atomic mass is 32.1. The van der Waals surface area contributed by atoms with Gasteiger partial charge in [0.05, 0.1) is 16.7 Å². The van der Waals surface area contributed by atoms with E-state index in [0.717, 1.165) is 15.8 Å². The third-order valence-corrected chi connectivity index (χ3v) is 3.73. The van der Waals surface area contributed by atoms with Crippen molar-refractivity contribution in [3.63, 3.8) is 0 Å². The van der Waals surface area contributed by atoms with Gasteiger partial charge in [-0.2, -0.15) is 0 Å². The van der Waals surface area contributed by atoms with E-state index in [1.165, 1.54) is 4.88 Å². The summed E-state index contributed by atoms with van der Waals surface area (Å²) >= 11 is 3.35. The molecule has 2 rings (SSSR count). The standard InChI is InChI=1S/C10H13N3S2/c1-6(12-10-11-4-5-14-10)9-7(2)15-8(3)13-9/h4-6H,1-3H3,(H,11,12). The number of aromatic nitrogens is 2. The van der Waals surface area contributed by atoms with Crippen LogP contribution in [0.15, 0.2) is 11.6 Å². The second-order valence-corrected chi connectivity index (χ2v) is 5.68. The first-order chi connectivity index (χ1) is 7.16. The molecule has 0 fully saturated rings. The number of hydrogen-bond acceptors (Lipinski definition) is 5. The van der Waals surface area contributed by atoms with Crippen molar-refractivity contribution >= 4 is 27.8 Å². The summed E-state index contributed by atoms with van der Waals surface area (Å²) in [4.78, 5) is 10.0. The zero-order valence-corrected chi connectivity index (χ0v) is 10.6. The number of hydrogen-bond donors (Lipinski definition) is 1. The van der Waals surface area contributed by atoms with Crippen LogP contribution in [0, 0.1) is 13.8 Å². The topological polar surface area (TPSA) is 37.8 Å². The zero-order valence-electron chi connectivity index (χ0n) is 8.94. The fourth-order valence-electron chi connectivity index (χ4n) is 1.50. The van der Waals surface area contributed by atoms with Crippen LogP contribution >= 0.6 is 22.7 Å². The third kappa shape index (κ3) is 2.35. The molecule has 3 nitrogen and oxygen atoms in total. The summed E-state index contributed by atoms with van der Waals surface area (Å²) in [6.45, 7) is 6.26. The fourth-order valence-corrected chi connectivity index (χ4v) is 3.03. The SMILES string of the molecule is Cc1nc(C(C)Nc2nccs2)c(C)s1. The van der Waals surface area contributed by atoms with Crippen molar-refractivity contribution in [2.24, 2.45) is 0 Å². The van der Waals surface area contributed by atoms with Crippen LogP contribution < -0.4 is 5.32 Å². The van der Waals surface area contributed by atoms with Gasteiger partial charge in [0.25, 0.3) is 0 Å². The van der Waals surface area contributed by atoms with Gasteiger partial charge in [-0.15, -0.1) is 22.7 Å². The molecular formula is C10H13N3S2. The minimum absolute atomic E-state index is 0.223. The Balaban J connectivity index is 2.14. The van der Waals surface area contributed by atoms with E-state index in [0.29, 0.717) is 0 Å². The Labute approximate surface area is 97.2 Å². The van der Waals surface area contributed by atoms with Gasteiger partial charge < -0.3 is 5.32 Å². The molecule has 0 amide bonds. The molecule has 0 spiro atoms. The van der Waals surface area contributed by atoms with Gasteiger partial charge in [-0.05, 0) is 20.8 Å². The molecule has 15 heavy (non-hydrogen) atoms. The molecule has 2 heterocycles. The van der Waals surface area contributed by atoms with Gasteiger partial charge in [0.1, 0.15) is 0 Å². The summed E-state index contributed by atoms with van der Waals surface area (Å²) in [6, 6.07) is 0.223.